The van der Waals surface area contributed by atoms with Crippen LogP contribution in [0.4, 0.5) is 28.8 Å². The highest BCUT2D eigenvalue weighted by Crippen LogP contribution is 2.34. The lowest BCUT2D eigenvalue weighted by molar-refractivity contribution is 0.205. The van der Waals surface area contributed by atoms with E-state index in [2.05, 4.69) is 30.2 Å². The zero-order chi connectivity index (χ0) is 26.7. The van der Waals surface area contributed by atoms with Crippen molar-refractivity contribution in [2.45, 2.75) is 25.7 Å². The van der Waals surface area contributed by atoms with Crippen molar-refractivity contribution >= 4 is 52.4 Å². The summed E-state index contributed by atoms with van der Waals surface area (Å²) in [5.41, 5.74) is 2.33. The number of hydrogen-bond acceptors (Lipinski definition) is 10. The SMILES string of the molecule is COc1ccc(Nc2nc(Nc3cc(OCCCN4CCCCC4)ccc3OC)ncc2Cl)c(NSC)c1. The Morgan fingerprint density at radius 1 is 0.947 bits per heavy atom. The Balaban J connectivity index is 1.44. The number of aromatic nitrogens is 2. The third-order valence-electron chi connectivity index (χ3n) is 6.19. The predicted molar refractivity (Wildman–Crippen MR) is 157 cm³/mol. The van der Waals surface area contributed by atoms with Crippen LogP contribution in [0.3, 0.4) is 0 Å². The van der Waals surface area contributed by atoms with Crippen molar-refractivity contribution in [2.75, 3.05) is 62.1 Å². The third kappa shape index (κ3) is 7.72. The second-order valence-electron chi connectivity index (χ2n) is 8.82. The van der Waals surface area contributed by atoms with Crippen molar-refractivity contribution in [3.63, 3.8) is 0 Å². The van der Waals surface area contributed by atoms with Crippen LogP contribution in [0.2, 0.25) is 5.02 Å². The number of likely N-dealkylation sites (tertiary alicyclic amines) is 1. The molecule has 0 unspecified atom stereocenters. The Morgan fingerprint density at radius 2 is 1.74 bits per heavy atom. The number of anilines is 5. The number of piperidine rings is 1. The van der Waals surface area contributed by atoms with E-state index in [0.29, 0.717) is 34.8 Å². The van der Waals surface area contributed by atoms with Gasteiger partial charge in [-0.25, -0.2) is 4.98 Å². The maximum absolute atomic E-state index is 6.43. The van der Waals surface area contributed by atoms with Gasteiger partial charge in [0, 0.05) is 24.9 Å². The molecular formula is C27H35ClN6O3S. The molecule has 1 aromatic heterocycles. The second kappa shape index (κ2) is 14.2. The van der Waals surface area contributed by atoms with Crippen LogP contribution in [0, 0.1) is 0 Å². The molecule has 0 saturated carbocycles. The first-order chi connectivity index (χ1) is 18.6. The summed E-state index contributed by atoms with van der Waals surface area (Å²) in [5.74, 6) is 2.97. The molecule has 0 bridgehead atoms. The molecule has 2 aromatic carbocycles. The van der Waals surface area contributed by atoms with Crippen molar-refractivity contribution in [1.82, 2.24) is 14.9 Å². The molecular weight excluding hydrogens is 524 g/mol. The molecule has 3 aromatic rings. The Labute approximate surface area is 233 Å². The largest absolute Gasteiger partial charge is 0.497 e. The molecule has 38 heavy (non-hydrogen) atoms. The maximum atomic E-state index is 6.43. The van der Waals surface area contributed by atoms with E-state index in [4.69, 9.17) is 25.8 Å². The number of methoxy groups -OCH3 is 2. The first kappa shape index (κ1) is 27.9. The predicted octanol–water partition coefficient (Wildman–Crippen LogP) is 6.58. The average Bonchev–Trinajstić information content (AvgIpc) is 2.94. The van der Waals surface area contributed by atoms with E-state index >= 15 is 0 Å². The lowest BCUT2D eigenvalue weighted by Gasteiger charge is -2.26. The number of nitrogens with zero attached hydrogens (tertiary/aromatic N) is 3. The van der Waals surface area contributed by atoms with Gasteiger partial charge in [0.05, 0.1) is 44.1 Å². The highest BCUT2D eigenvalue weighted by molar-refractivity contribution is 7.99. The molecule has 3 N–H and O–H groups in total. The summed E-state index contributed by atoms with van der Waals surface area (Å²) >= 11 is 7.91. The van der Waals surface area contributed by atoms with Gasteiger partial charge in [-0.05, 0) is 56.6 Å². The van der Waals surface area contributed by atoms with E-state index in [1.165, 1.54) is 44.3 Å². The zero-order valence-corrected chi connectivity index (χ0v) is 23.6. The van der Waals surface area contributed by atoms with E-state index in [0.717, 1.165) is 35.8 Å². The van der Waals surface area contributed by atoms with Gasteiger partial charge < -0.3 is 34.5 Å². The van der Waals surface area contributed by atoms with Gasteiger partial charge in [-0.3, -0.25) is 0 Å². The number of hydrogen-bond donors (Lipinski definition) is 3. The van der Waals surface area contributed by atoms with Crippen LogP contribution in [-0.2, 0) is 0 Å². The van der Waals surface area contributed by atoms with Gasteiger partial charge in [-0.15, -0.1) is 0 Å². The lowest BCUT2D eigenvalue weighted by atomic mass is 10.1. The molecule has 0 radical (unpaired) electrons. The normalized spacial score (nSPS) is 13.6. The number of rotatable bonds is 13. The fourth-order valence-electron chi connectivity index (χ4n) is 4.25. The van der Waals surface area contributed by atoms with Gasteiger partial charge in [0.15, 0.2) is 5.82 Å². The zero-order valence-electron chi connectivity index (χ0n) is 22.1. The fraction of sp³-hybridized carbons (Fsp3) is 0.407. The van der Waals surface area contributed by atoms with Gasteiger partial charge in [0.2, 0.25) is 5.95 Å². The quantitative estimate of drug-likeness (QED) is 0.158. The van der Waals surface area contributed by atoms with Crippen LogP contribution >= 0.6 is 23.5 Å². The molecule has 0 amide bonds. The topological polar surface area (TPSA) is 92.8 Å². The van der Waals surface area contributed by atoms with Crippen LogP contribution in [0.15, 0.2) is 42.6 Å². The molecule has 11 heteroatoms. The summed E-state index contributed by atoms with van der Waals surface area (Å²) in [6.07, 6.45) is 8.44. The highest BCUT2D eigenvalue weighted by Gasteiger charge is 2.13. The molecule has 204 valence electrons. The van der Waals surface area contributed by atoms with E-state index in [1.807, 2.05) is 42.7 Å². The standard InChI is InChI=1S/C27H35ClN6O3S/c1-35-19-8-10-22(23(16-19)33-38-3)30-26-21(28)18-29-27(32-26)31-24-17-20(9-11-25(24)36-2)37-15-7-14-34-12-5-4-6-13-34/h8-11,16-18,33H,4-7,12-15H2,1-3H3,(H2,29,30,31,32). The van der Waals surface area contributed by atoms with Crippen LogP contribution < -0.4 is 29.6 Å². The van der Waals surface area contributed by atoms with Gasteiger partial charge in [-0.2, -0.15) is 4.98 Å². The summed E-state index contributed by atoms with van der Waals surface area (Å²) in [6, 6.07) is 11.3. The molecule has 2 heterocycles. The summed E-state index contributed by atoms with van der Waals surface area (Å²) in [7, 11) is 3.26. The molecule has 4 rings (SSSR count). The van der Waals surface area contributed by atoms with Crippen LogP contribution in [0.1, 0.15) is 25.7 Å². The van der Waals surface area contributed by atoms with E-state index < -0.39 is 0 Å². The smallest absolute Gasteiger partial charge is 0.229 e. The monoisotopic (exact) mass is 558 g/mol. The lowest BCUT2D eigenvalue weighted by Crippen LogP contribution is -2.31. The minimum Gasteiger partial charge on any atom is -0.497 e. The summed E-state index contributed by atoms with van der Waals surface area (Å²) in [4.78, 5) is 11.5. The second-order valence-corrected chi connectivity index (χ2v) is 9.84. The molecule has 9 nitrogen and oxygen atoms in total. The van der Waals surface area contributed by atoms with Crippen molar-refractivity contribution in [2.24, 2.45) is 0 Å². The Morgan fingerprint density at radius 3 is 2.50 bits per heavy atom. The molecule has 1 saturated heterocycles. The highest BCUT2D eigenvalue weighted by atomic mass is 35.5. The maximum Gasteiger partial charge on any atom is 0.229 e. The van der Waals surface area contributed by atoms with Gasteiger partial charge >= 0.3 is 0 Å². The Kier molecular flexibility index (Phi) is 10.4. The number of halogens is 1. The van der Waals surface area contributed by atoms with Crippen LogP contribution in [0.25, 0.3) is 0 Å². The van der Waals surface area contributed by atoms with Crippen LogP contribution in [0.5, 0.6) is 17.2 Å². The Bertz CT molecular complexity index is 1200. The first-order valence-electron chi connectivity index (χ1n) is 12.7. The molecule has 0 atom stereocenters. The molecule has 0 aliphatic carbocycles. The first-order valence-corrected chi connectivity index (χ1v) is 14.3. The van der Waals surface area contributed by atoms with E-state index in [9.17, 15) is 0 Å². The number of nitrogens with one attached hydrogen (secondary N) is 3. The average molecular weight is 559 g/mol. The minimum atomic E-state index is 0.366. The van der Waals surface area contributed by atoms with Crippen molar-refractivity contribution in [1.29, 1.82) is 0 Å². The molecule has 1 aliphatic heterocycles. The summed E-state index contributed by atoms with van der Waals surface area (Å²) < 4.78 is 20.2. The summed E-state index contributed by atoms with van der Waals surface area (Å²) in [5, 5.41) is 6.92. The van der Waals surface area contributed by atoms with E-state index in [1.54, 1.807) is 20.4 Å². The van der Waals surface area contributed by atoms with Crippen molar-refractivity contribution in [3.8, 4) is 17.2 Å². The third-order valence-corrected chi connectivity index (χ3v) is 6.89. The molecule has 1 aliphatic rings. The van der Waals surface area contributed by atoms with Gasteiger partial charge in [-0.1, -0.05) is 30.0 Å². The van der Waals surface area contributed by atoms with E-state index in [-0.39, 0.29) is 0 Å². The van der Waals surface area contributed by atoms with Crippen molar-refractivity contribution in [3.05, 3.63) is 47.6 Å². The number of benzene rings is 2. The van der Waals surface area contributed by atoms with Gasteiger partial charge in [0.1, 0.15) is 22.3 Å². The van der Waals surface area contributed by atoms with Crippen LogP contribution in [-0.4, -0.2) is 61.6 Å². The minimum absolute atomic E-state index is 0.366. The Hall–Kier alpha value is -3.08. The molecule has 1 fully saturated rings. The van der Waals surface area contributed by atoms with Gasteiger partial charge in [0.25, 0.3) is 0 Å². The fourth-order valence-corrected chi connectivity index (χ4v) is 4.78. The summed E-state index contributed by atoms with van der Waals surface area (Å²) in [6.45, 7) is 4.12. The molecule has 0 spiro atoms. The number of ether oxygens (including phenoxy) is 3. The van der Waals surface area contributed by atoms with Crippen molar-refractivity contribution < 1.29 is 14.2 Å².